The van der Waals surface area contributed by atoms with Crippen LogP contribution in [0.1, 0.15) is 17.9 Å². The van der Waals surface area contributed by atoms with Gasteiger partial charge < -0.3 is 10.6 Å². The van der Waals surface area contributed by atoms with Crippen LogP contribution in [-0.2, 0) is 0 Å². The van der Waals surface area contributed by atoms with Crippen molar-refractivity contribution in [2.75, 3.05) is 25.9 Å². The van der Waals surface area contributed by atoms with Gasteiger partial charge in [-0.25, -0.2) is 9.97 Å². The molecule has 2 rings (SSSR count). The highest BCUT2D eigenvalue weighted by atomic mass is 35.5. The number of halogens is 1. The molecule has 1 saturated heterocycles. The molecule has 0 amide bonds. The van der Waals surface area contributed by atoms with E-state index < -0.39 is 0 Å². The number of nitrogens with zero attached hydrogens (tertiary/aromatic N) is 3. The molecule has 76 valence electrons. The van der Waals surface area contributed by atoms with Crippen molar-refractivity contribution >= 4 is 17.5 Å². The summed E-state index contributed by atoms with van der Waals surface area (Å²) >= 11 is 6.01. The van der Waals surface area contributed by atoms with Crippen LogP contribution in [0.25, 0.3) is 0 Å². The van der Waals surface area contributed by atoms with Crippen LogP contribution in [-0.4, -0.2) is 35.0 Å². The van der Waals surface area contributed by atoms with Crippen molar-refractivity contribution in [2.45, 2.75) is 12.3 Å². The Balaban J connectivity index is 2.24. The zero-order valence-corrected chi connectivity index (χ0v) is 8.83. The van der Waals surface area contributed by atoms with E-state index in [1.54, 1.807) is 6.20 Å². The maximum absolute atomic E-state index is 6.01. The molecular weight excluding hydrogens is 200 g/mol. The Hall–Kier alpha value is -0.870. The lowest BCUT2D eigenvalue weighted by Gasteiger charge is -2.11. The first-order chi connectivity index (χ1) is 6.66. The third-order valence-electron chi connectivity index (χ3n) is 2.62. The van der Waals surface area contributed by atoms with Crippen molar-refractivity contribution in [3.05, 3.63) is 16.9 Å². The van der Waals surface area contributed by atoms with Crippen LogP contribution in [0.2, 0.25) is 5.15 Å². The van der Waals surface area contributed by atoms with Crippen molar-refractivity contribution in [3.63, 3.8) is 0 Å². The van der Waals surface area contributed by atoms with Gasteiger partial charge in [-0.1, -0.05) is 11.6 Å². The van der Waals surface area contributed by atoms with E-state index in [2.05, 4.69) is 21.9 Å². The van der Waals surface area contributed by atoms with Crippen molar-refractivity contribution < 1.29 is 0 Å². The predicted octanol–water partition coefficient (Wildman–Crippen LogP) is 1.13. The minimum atomic E-state index is 0.241. The number of nitrogens with two attached hydrogens (primary N) is 1. The Labute approximate surface area is 88.1 Å². The highest BCUT2D eigenvalue weighted by Crippen LogP contribution is 2.29. The smallest absolute Gasteiger partial charge is 0.221 e. The Morgan fingerprint density at radius 1 is 1.64 bits per heavy atom. The van der Waals surface area contributed by atoms with Gasteiger partial charge in [-0.2, -0.15) is 0 Å². The molecule has 1 aromatic heterocycles. The normalized spacial score (nSPS) is 22.9. The van der Waals surface area contributed by atoms with E-state index in [1.165, 1.54) is 0 Å². The van der Waals surface area contributed by atoms with Gasteiger partial charge in [0, 0.05) is 24.2 Å². The molecule has 0 bridgehead atoms. The standard InChI is InChI=1S/C9H13ClN4/c1-14-3-2-6(5-14)7-4-12-9(11)13-8(7)10/h4,6H,2-3,5H2,1H3,(H2,11,12,13). The molecule has 5 heteroatoms. The highest BCUT2D eigenvalue weighted by Gasteiger charge is 2.23. The number of aromatic nitrogens is 2. The lowest BCUT2D eigenvalue weighted by atomic mass is 10.0. The fourth-order valence-electron chi connectivity index (χ4n) is 1.85. The van der Waals surface area contributed by atoms with E-state index in [9.17, 15) is 0 Å². The Morgan fingerprint density at radius 2 is 2.43 bits per heavy atom. The summed E-state index contributed by atoms with van der Waals surface area (Å²) in [5.41, 5.74) is 6.46. The monoisotopic (exact) mass is 212 g/mol. The van der Waals surface area contributed by atoms with E-state index in [0.717, 1.165) is 25.1 Å². The first-order valence-corrected chi connectivity index (χ1v) is 5.01. The second kappa shape index (κ2) is 3.71. The number of nitrogen functional groups attached to an aromatic ring is 1. The average Bonchev–Trinajstić information content (AvgIpc) is 2.51. The largest absolute Gasteiger partial charge is 0.368 e. The van der Waals surface area contributed by atoms with Crippen molar-refractivity contribution in [2.24, 2.45) is 0 Å². The van der Waals surface area contributed by atoms with E-state index in [4.69, 9.17) is 17.3 Å². The van der Waals surface area contributed by atoms with Crippen molar-refractivity contribution in [1.82, 2.24) is 14.9 Å². The first-order valence-electron chi connectivity index (χ1n) is 4.63. The molecule has 1 fully saturated rings. The molecule has 1 unspecified atom stereocenters. The Morgan fingerprint density at radius 3 is 3.00 bits per heavy atom. The molecule has 0 saturated carbocycles. The first kappa shape index (κ1) is 9.68. The number of hydrogen-bond donors (Lipinski definition) is 1. The van der Waals surface area contributed by atoms with Gasteiger partial charge in [0.1, 0.15) is 5.15 Å². The summed E-state index contributed by atoms with van der Waals surface area (Å²) in [7, 11) is 2.10. The average molecular weight is 213 g/mol. The van der Waals surface area contributed by atoms with Gasteiger partial charge in [0.2, 0.25) is 5.95 Å². The summed E-state index contributed by atoms with van der Waals surface area (Å²) in [6.07, 6.45) is 2.86. The number of hydrogen-bond acceptors (Lipinski definition) is 4. The molecule has 0 aromatic carbocycles. The van der Waals surface area contributed by atoms with Crippen LogP contribution >= 0.6 is 11.6 Å². The third kappa shape index (κ3) is 1.81. The number of likely N-dealkylation sites (N-methyl/N-ethyl adjacent to an activating group) is 1. The fraction of sp³-hybridized carbons (Fsp3) is 0.556. The summed E-state index contributed by atoms with van der Waals surface area (Å²) in [4.78, 5) is 10.2. The maximum Gasteiger partial charge on any atom is 0.221 e. The van der Waals surface area contributed by atoms with E-state index in [1.807, 2.05) is 0 Å². The Bertz CT molecular complexity index is 342. The number of anilines is 1. The summed E-state index contributed by atoms with van der Waals surface area (Å²) in [5, 5.41) is 0.498. The van der Waals surface area contributed by atoms with E-state index in [-0.39, 0.29) is 5.95 Å². The molecule has 0 spiro atoms. The molecule has 2 N–H and O–H groups in total. The van der Waals surface area contributed by atoms with Gasteiger partial charge >= 0.3 is 0 Å². The van der Waals surface area contributed by atoms with Crippen LogP contribution in [0.3, 0.4) is 0 Å². The van der Waals surface area contributed by atoms with Gasteiger partial charge in [0.15, 0.2) is 0 Å². The zero-order chi connectivity index (χ0) is 10.1. The quantitative estimate of drug-likeness (QED) is 0.710. The molecule has 4 nitrogen and oxygen atoms in total. The van der Waals surface area contributed by atoms with Gasteiger partial charge in [0.25, 0.3) is 0 Å². The molecule has 2 heterocycles. The van der Waals surface area contributed by atoms with Crippen molar-refractivity contribution in [3.8, 4) is 0 Å². The third-order valence-corrected chi connectivity index (χ3v) is 2.92. The maximum atomic E-state index is 6.01. The van der Waals surface area contributed by atoms with Crippen molar-refractivity contribution in [1.29, 1.82) is 0 Å². The molecule has 0 aliphatic carbocycles. The molecule has 0 radical (unpaired) electrons. The summed E-state index contributed by atoms with van der Waals surface area (Å²) in [6, 6.07) is 0. The molecule has 14 heavy (non-hydrogen) atoms. The fourth-order valence-corrected chi connectivity index (χ4v) is 2.14. The second-order valence-corrected chi connectivity index (χ2v) is 4.08. The second-order valence-electron chi connectivity index (χ2n) is 3.72. The minimum Gasteiger partial charge on any atom is -0.368 e. The van der Waals surface area contributed by atoms with Gasteiger partial charge in [0.05, 0.1) is 0 Å². The lowest BCUT2D eigenvalue weighted by molar-refractivity contribution is 0.411. The van der Waals surface area contributed by atoms with Gasteiger partial charge in [-0.15, -0.1) is 0 Å². The van der Waals surface area contributed by atoms with Gasteiger partial charge in [-0.3, -0.25) is 0 Å². The molecule has 1 atom stereocenters. The summed E-state index contributed by atoms with van der Waals surface area (Å²) < 4.78 is 0. The minimum absolute atomic E-state index is 0.241. The topological polar surface area (TPSA) is 55.0 Å². The number of rotatable bonds is 1. The lowest BCUT2D eigenvalue weighted by Crippen LogP contribution is -2.13. The predicted molar refractivity (Wildman–Crippen MR) is 56.3 cm³/mol. The summed E-state index contributed by atoms with van der Waals surface area (Å²) in [6.45, 7) is 2.12. The van der Waals surface area contributed by atoms with Crippen LogP contribution in [0.4, 0.5) is 5.95 Å². The van der Waals surface area contributed by atoms with Crippen LogP contribution in [0, 0.1) is 0 Å². The van der Waals surface area contributed by atoms with Crippen LogP contribution in [0.15, 0.2) is 6.20 Å². The van der Waals surface area contributed by atoms with Crippen LogP contribution in [0.5, 0.6) is 0 Å². The van der Waals surface area contributed by atoms with E-state index in [0.29, 0.717) is 11.1 Å². The summed E-state index contributed by atoms with van der Waals surface area (Å²) in [5.74, 6) is 0.693. The highest BCUT2D eigenvalue weighted by molar-refractivity contribution is 6.30. The molecular formula is C9H13ClN4. The number of likely N-dealkylation sites (tertiary alicyclic amines) is 1. The SMILES string of the molecule is CN1CCC(c2cnc(N)nc2Cl)C1. The molecule has 1 aliphatic rings. The Kier molecular flexibility index (Phi) is 2.56. The van der Waals surface area contributed by atoms with E-state index >= 15 is 0 Å². The van der Waals surface area contributed by atoms with Crippen LogP contribution < -0.4 is 5.73 Å². The molecule has 1 aliphatic heterocycles. The molecule has 1 aromatic rings. The van der Waals surface area contributed by atoms with Gasteiger partial charge in [-0.05, 0) is 20.0 Å². The zero-order valence-electron chi connectivity index (χ0n) is 8.07.